The molecular weight excluding hydrogens is 214 g/mol. The van der Waals surface area contributed by atoms with E-state index in [4.69, 9.17) is 4.74 Å². The van der Waals surface area contributed by atoms with Gasteiger partial charge in [0, 0.05) is 12.3 Å². The first-order chi connectivity index (χ1) is 8.11. The summed E-state index contributed by atoms with van der Waals surface area (Å²) in [5.74, 6) is 1.33. The topological polar surface area (TPSA) is 42.4 Å². The Hall–Kier alpha value is -1.09. The fourth-order valence-electron chi connectivity index (χ4n) is 1.79. The number of aliphatic hydroxyl groups is 1. The smallest absolute Gasteiger partial charge is 0.212 e. The van der Waals surface area contributed by atoms with Crippen LogP contribution in [0, 0.1) is 5.92 Å². The highest BCUT2D eigenvalue weighted by Gasteiger charge is 2.06. The van der Waals surface area contributed by atoms with Gasteiger partial charge in [-0.3, -0.25) is 0 Å². The fraction of sp³-hybridized carbons (Fsp3) is 0.643. The first-order valence-electron chi connectivity index (χ1n) is 6.28. The van der Waals surface area contributed by atoms with E-state index in [9.17, 15) is 5.11 Å². The molecule has 0 radical (unpaired) electrons. The van der Waals surface area contributed by atoms with Crippen molar-refractivity contribution in [2.45, 2.75) is 45.6 Å². The number of hydrogen-bond donors (Lipinski definition) is 1. The molecule has 1 N–H and O–H groups in total. The van der Waals surface area contributed by atoms with E-state index in [0.717, 1.165) is 18.4 Å². The average Bonchev–Trinajstić information content (AvgIpc) is 2.29. The predicted octanol–water partition coefficient (Wildman–Crippen LogP) is 2.82. The van der Waals surface area contributed by atoms with Gasteiger partial charge in [0.25, 0.3) is 0 Å². The van der Waals surface area contributed by atoms with Gasteiger partial charge in [0.1, 0.15) is 0 Å². The van der Waals surface area contributed by atoms with Crippen molar-refractivity contribution in [3.05, 3.63) is 23.9 Å². The van der Waals surface area contributed by atoms with Crippen LogP contribution in [0.2, 0.25) is 0 Å². The number of rotatable bonds is 7. The number of pyridine rings is 1. The second kappa shape index (κ2) is 7.28. The van der Waals surface area contributed by atoms with Gasteiger partial charge in [-0.2, -0.15) is 0 Å². The van der Waals surface area contributed by atoms with Crippen LogP contribution in [0.25, 0.3) is 0 Å². The Morgan fingerprint density at radius 2 is 2.06 bits per heavy atom. The van der Waals surface area contributed by atoms with Gasteiger partial charge in [-0.15, -0.1) is 0 Å². The summed E-state index contributed by atoms with van der Waals surface area (Å²) in [7, 11) is 1.60. The highest BCUT2D eigenvalue weighted by atomic mass is 16.5. The molecule has 17 heavy (non-hydrogen) atoms. The van der Waals surface area contributed by atoms with Crippen LogP contribution in [0.4, 0.5) is 0 Å². The number of aromatic nitrogens is 1. The molecular formula is C14H23NO2. The zero-order valence-electron chi connectivity index (χ0n) is 11.0. The summed E-state index contributed by atoms with van der Waals surface area (Å²) in [6.45, 7) is 4.42. The van der Waals surface area contributed by atoms with E-state index in [1.807, 2.05) is 12.1 Å². The van der Waals surface area contributed by atoms with E-state index in [1.54, 1.807) is 13.3 Å². The Kier molecular flexibility index (Phi) is 5.98. The number of aliphatic hydroxyl groups excluding tert-OH is 1. The lowest BCUT2D eigenvalue weighted by atomic mass is 10.0. The number of methoxy groups -OCH3 is 1. The van der Waals surface area contributed by atoms with Crippen molar-refractivity contribution in [2.75, 3.05) is 7.11 Å². The number of hydrogen-bond acceptors (Lipinski definition) is 3. The van der Waals surface area contributed by atoms with Crippen molar-refractivity contribution in [3.63, 3.8) is 0 Å². The first-order valence-corrected chi connectivity index (χ1v) is 6.28. The van der Waals surface area contributed by atoms with Gasteiger partial charge in [-0.1, -0.05) is 32.8 Å². The molecule has 0 aromatic carbocycles. The molecule has 1 aromatic heterocycles. The minimum Gasteiger partial charge on any atom is -0.481 e. The number of ether oxygens (including phenoxy) is 1. The molecule has 1 heterocycles. The van der Waals surface area contributed by atoms with Crippen molar-refractivity contribution >= 4 is 0 Å². The summed E-state index contributed by atoms with van der Waals surface area (Å²) in [6.07, 6.45) is 5.31. The minimum absolute atomic E-state index is 0.260. The Bertz CT molecular complexity index is 309. The van der Waals surface area contributed by atoms with Gasteiger partial charge in [0.2, 0.25) is 5.88 Å². The van der Waals surface area contributed by atoms with Crippen LogP contribution in [0.5, 0.6) is 5.88 Å². The highest BCUT2D eigenvalue weighted by Crippen LogP contribution is 2.13. The zero-order chi connectivity index (χ0) is 12.7. The minimum atomic E-state index is -0.260. The monoisotopic (exact) mass is 237 g/mol. The summed E-state index contributed by atoms with van der Waals surface area (Å²) in [5.41, 5.74) is 1.06. The summed E-state index contributed by atoms with van der Waals surface area (Å²) in [4.78, 5) is 4.13. The van der Waals surface area contributed by atoms with E-state index in [0.29, 0.717) is 18.2 Å². The maximum absolute atomic E-state index is 9.88. The van der Waals surface area contributed by atoms with E-state index in [1.165, 1.54) is 6.42 Å². The van der Waals surface area contributed by atoms with Gasteiger partial charge >= 0.3 is 0 Å². The molecule has 1 atom stereocenters. The standard InChI is InChI=1S/C14H23NO2/c1-11(2)5-4-6-13(16)9-12-7-8-14(17-3)15-10-12/h7-8,10-11,13,16H,4-6,9H2,1-3H3. The summed E-state index contributed by atoms with van der Waals surface area (Å²) < 4.78 is 4.99. The molecule has 0 saturated carbocycles. The average molecular weight is 237 g/mol. The molecule has 3 nitrogen and oxygen atoms in total. The second-order valence-electron chi connectivity index (χ2n) is 4.89. The Morgan fingerprint density at radius 1 is 1.29 bits per heavy atom. The summed E-state index contributed by atoms with van der Waals surface area (Å²) in [6, 6.07) is 3.79. The van der Waals surface area contributed by atoms with Crippen LogP contribution in [0.15, 0.2) is 18.3 Å². The van der Waals surface area contributed by atoms with Crippen LogP contribution in [-0.4, -0.2) is 23.3 Å². The predicted molar refractivity (Wildman–Crippen MR) is 69.2 cm³/mol. The molecule has 1 aromatic rings. The molecule has 0 aliphatic rings. The molecule has 0 amide bonds. The van der Waals surface area contributed by atoms with E-state index < -0.39 is 0 Å². The molecule has 0 aliphatic heterocycles. The van der Waals surface area contributed by atoms with E-state index >= 15 is 0 Å². The molecule has 1 rings (SSSR count). The van der Waals surface area contributed by atoms with Crippen molar-refractivity contribution in [2.24, 2.45) is 5.92 Å². The molecule has 0 saturated heterocycles. The van der Waals surface area contributed by atoms with Crippen molar-refractivity contribution < 1.29 is 9.84 Å². The quantitative estimate of drug-likeness (QED) is 0.793. The Labute approximate surface area is 104 Å². The lowest BCUT2D eigenvalue weighted by Crippen LogP contribution is -2.10. The van der Waals surface area contributed by atoms with Gasteiger partial charge in [-0.25, -0.2) is 4.98 Å². The second-order valence-corrected chi connectivity index (χ2v) is 4.89. The molecule has 0 spiro atoms. The molecule has 3 heteroatoms. The maximum Gasteiger partial charge on any atom is 0.212 e. The Balaban J connectivity index is 2.31. The zero-order valence-corrected chi connectivity index (χ0v) is 11.0. The van der Waals surface area contributed by atoms with Crippen molar-refractivity contribution in [3.8, 4) is 5.88 Å². The van der Waals surface area contributed by atoms with Crippen LogP contribution in [0.1, 0.15) is 38.7 Å². The lowest BCUT2D eigenvalue weighted by molar-refractivity contribution is 0.159. The van der Waals surface area contributed by atoms with Gasteiger partial charge in [0.15, 0.2) is 0 Å². The van der Waals surface area contributed by atoms with Crippen LogP contribution in [0.3, 0.4) is 0 Å². The molecule has 0 bridgehead atoms. The third kappa shape index (κ3) is 5.68. The molecule has 1 unspecified atom stereocenters. The van der Waals surface area contributed by atoms with Crippen molar-refractivity contribution in [1.82, 2.24) is 4.98 Å². The first kappa shape index (κ1) is 14.0. The molecule has 0 fully saturated rings. The maximum atomic E-state index is 9.88. The number of nitrogens with zero attached hydrogens (tertiary/aromatic N) is 1. The highest BCUT2D eigenvalue weighted by molar-refractivity contribution is 5.18. The van der Waals surface area contributed by atoms with E-state index in [-0.39, 0.29) is 6.10 Å². The molecule has 96 valence electrons. The third-order valence-corrected chi connectivity index (χ3v) is 2.80. The largest absolute Gasteiger partial charge is 0.481 e. The summed E-state index contributed by atoms with van der Waals surface area (Å²) >= 11 is 0. The van der Waals surface area contributed by atoms with Gasteiger partial charge in [-0.05, 0) is 24.3 Å². The van der Waals surface area contributed by atoms with Gasteiger partial charge < -0.3 is 9.84 Å². The Morgan fingerprint density at radius 3 is 2.59 bits per heavy atom. The third-order valence-electron chi connectivity index (χ3n) is 2.80. The van der Waals surface area contributed by atoms with Crippen molar-refractivity contribution in [1.29, 1.82) is 0 Å². The van der Waals surface area contributed by atoms with Crippen LogP contribution >= 0.6 is 0 Å². The van der Waals surface area contributed by atoms with Crippen LogP contribution in [-0.2, 0) is 6.42 Å². The fourth-order valence-corrected chi connectivity index (χ4v) is 1.79. The molecule has 0 aliphatic carbocycles. The van der Waals surface area contributed by atoms with Crippen LogP contribution < -0.4 is 4.74 Å². The normalized spacial score (nSPS) is 12.8. The van der Waals surface area contributed by atoms with Gasteiger partial charge in [0.05, 0.1) is 13.2 Å². The lowest BCUT2D eigenvalue weighted by Gasteiger charge is -2.11. The SMILES string of the molecule is COc1ccc(CC(O)CCCC(C)C)cn1. The summed E-state index contributed by atoms with van der Waals surface area (Å²) in [5, 5.41) is 9.88. The van der Waals surface area contributed by atoms with E-state index in [2.05, 4.69) is 18.8 Å².